The summed E-state index contributed by atoms with van der Waals surface area (Å²) in [7, 11) is 0. The molecule has 0 saturated carbocycles. The lowest BCUT2D eigenvalue weighted by Gasteiger charge is -2.34. The minimum absolute atomic E-state index is 0.00952. The molecule has 0 radical (unpaired) electrons. The van der Waals surface area contributed by atoms with E-state index in [1.54, 1.807) is 0 Å². The number of likely N-dealkylation sites (tertiary alicyclic amines) is 1. The largest absolute Gasteiger partial charge is 0.463 e. The molecule has 0 amide bonds. The number of carbonyl (C=O) groups excluding carboxylic acids is 1. The van der Waals surface area contributed by atoms with Crippen molar-refractivity contribution in [3.05, 3.63) is 35.9 Å². The van der Waals surface area contributed by atoms with Crippen LogP contribution in [0.4, 0.5) is 0 Å². The summed E-state index contributed by atoms with van der Waals surface area (Å²) in [5.41, 5.74) is 1.22. The monoisotopic (exact) mass is 289 g/mol. The van der Waals surface area contributed by atoms with Gasteiger partial charge in [-0.15, -0.1) is 0 Å². The first-order valence-electron chi connectivity index (χ1n) is 8.19. The predicted molar refractivity (Wildman–Crippen MR) is 85.1 cm³/mol. The molecule has 0 bridgehead atoms. The molecule has 1 aromatic rings. The minimum Gasteiger partial charge on any atom is -0.463 e. The van der Waals surface area contributed by atoms with E-state index in [-0.39, 0.29) is 18.1 Å². The predicted octanol–water partition coefficient (Wildman–Crippen LogP) is 3.95. The molecule has 1 aliphatic heterocycles. The van der Waals surface area contributed by atoms with Crippen LogP contribution in [0.3, 0.4) is 0 Å². The Morgan fingerprint density at radius 1 is 1.19 bits per heavy atom. The van der Waals surface area contributed by atoms with Crippen molar-refractivity contribution < 1.29 is 9.53 Å². The van der Waals surface area contributed by atoms with E-state index in [4.69, 9.17) is 4.74 Å². The van der Waals surface area contributed by atoms with Crippen LogP contribution in [-0.2, 0) is 9.53 Å². The zero-order valence-corrected chi connectivity index (χ0v) is 13.3. The highest BCUT2D eigenvalue weighted by atomic mass is 16.5. The maximum absolute atomic E-state index is 12.2. The Morgan fingerprint density at radius 2 is 1.86 bits per heavy atom. The van der Waals surface area contributed by atoms with Crippen LogP contribution in [0.5, 0.6) is 0 Å². The van der Waals surface area contributed by atoms with E-state index in [9.17, 15) is 4.79 Å². The SMILES string of the molecule is CC[C@@H](C)OC(=O)C[C@H](c1ccccc1)N1CCCCC1. The highest BCUT2D eigenvalue weighted by Crippen LogP contribution is 2.28. The number of esters is 1. The second-order valence-electron chi connectivity index (χ2n) is 5.94. The fourth-order valence-corrected chi connectivity index (χ4v) is 2.88. The van der Waals surface area contributed by atoms with E-state index >= 15 is 0 Å². The molecule has 116 valence electrons. The minimum atomic E-state index is -0.0798. The average molecular weight is 289 g/mol. The normalized spacial score (nSPS) is 19.0. The summed E-state index contributed by atoms with van der Waals surface area (Å²) in [4.78, 5) is 14.6. The topological polar surface area (TPSA) is 29.5 Å². The van der Waals surface area contributed by atoms with Crippen molar-refractivity contribution in [1.29, 1.82) is 0 Å². The number of hydrogen-bond donors (Lipinski definition) is 0. The van der Waals surface area contributed by atoms with E-state index in [0.29, 0.717) is 6.42 Å². The fraction of sp³-hybridized carbons (Fsp3) is 0.611. The van der Waals surface area contributed by atoms with Gasteiger partial charge in [0.1, 0.15) is 0 Å². The van der Waals surface area contributed by atoms with Crippen LogP contribution in [0, 0.1) is 0 Å². The highest BCUT2D eigenvalue weighted by molar-refractivity contribution is 5.70. The molecule has 1 heterocycles. The first-order chi connectivity index (χ1) is 10.2. The summed E-state index contributed by atoms with van der Waals surface area (Å²) in [5.74, 6) is -0.0798. The lowest BCUT2D eigenvalue weighted by Crippen LogP contribution is -2.35. The number of benzene rings is 1. The van der Waals surface area contributed by atoms with Gasteiger partial charge in [0.15, 0.2) is 0 Å². The molecule has 2 rings (SSSR count). The van der Waals surface area contributed by atoms with Gasteiger partial charge < -0.3 is 4.74 Å². The molecule has 0 unspecified atom stereocenters. The van der Waals surface area contributed by atoms with Gasteiger partial charge in [-0.05, 0) is 44.8 Å². The second-order valence-corrected chi connectivity index (χ2v) is 5.94. The van der Waals surface area contributed by atoms with Crippen molar-refractivity contribution in [2.75, 3.05) is 13.1 Å². The Labute approximate surface area is 128 Å². The van der Waals surface area contributed by atoms with Crippen molar-refractivity contribution >= 4 is 5.97 Å². The van der Waals surface area contributed by atoms with Gasteiger partial charge in [-0.25, -0.2) is 0 Å². The molecule has 0 spiro atoms. The van der Waals surface area contributed by atoms with E-state index in [2.05, 4.69) is 17.0 Å². The molecular formula is C18H27NO2. The Morgan fingerprint density at radius 3 is 2.48 bits per heavy atom. The van der Waals surface area contributed by atoms with Crippen LogP contribution in [0.15, 0.2) is 30.3 Å². The third-order valence-corrected chi connectivity index (χ3v) is 4.28. The molecule has 0 aromatic heterocycles. The first kappa shape index (κ1) is 16.0. The zero-order valence-electron chi connectivity index (χ0n) is 13.3. The second kappa shape index (κ2) is 8.18. The Kier molecular flexibility index (Phi) is 6.24. The number of rotatable bonds is 6. The maximum atomic E-state index is 12.2. The van der Waals surface area contributed by atoms with Gasteiger partial charge in [0, 0.05) is 6.04 Å². The molecular weight excluding hydrogens is 262 g/mol. The molecule has 3 nitrogen and oxygen atoms in total. The number of piperidine rings is 1. The van der Waals surface area contributed by atoms with Gasteiger partial charge in [-0.1, -0.05) is 43.7 Å². The van der Waals surface area contributed by atoms with Crippen molar-refractivity contribution in [3.63, 3.8) is 0 Å². The van der Waals surface area contributed by atoms with E-state index in [1.165, 1.54) is 24.8 Å². The first-order valence-corrected chi connectivity index (χ1v) is 8.19. The van der Waals surface area contributed by atoms with Crippen molar-refractivity contribution in [1.82, 2.24) is 4.90 Å². The quantitative estimate of drug-likeness (QED) is 0.743. The number of carbonyl (C=O) groups is 1. The summed E-state index contributed by atoms with van der Waals surface area (Å²) in [6.45, 7) is 6.15. The summed E-state index contributed by atoms with van der Waals surface area (Å²) in [6.07, 6.45) is 5.08. The van der Waals surface area contributed by atoms with Crippen molar-refractivity contribution in [2.45, 2.75) is 58.1 Å². The number of nitrogens with zero attached hydrogens (tertiary/aromatic N) is 1. The standard InChI is InChI=1S/C18H27NO2/c1-3-15(2)21-18(20)14-17(16-10-6-4-7-11-16)19-12-8-5-9-13-19/h4,6-7,10-11,15,17H,3,5,8-9,12-14H2,1-2H3/t15-,17-/m1/s1. The Balaban J connectivity index is 2.06. The summed E-state index contributed by atoms with van der Waals surface area (Å²) in [5, 5.41) is 0. The molecule has 1 saturated heterocycles. The summed E-state index contributed by atoms with van der Waals surface area (Å²) < 4.78 is 5.48. The van der Waals surface area contributed by atoms with E-state index in [1.807, 2.05) is 32.0 Å². The Bertz CT molecular complexity index is 426. The Hall–Kier alpha value is -1.35. The van der Waals surface area contributed by atoms with Gasteiger partial charge in [0.2, 0.25) is 0 Å². The molecule has 1 aliphatic rings. The average Bonchev–Trinajstić information content (AvgIpc) is 2.54. The number of ether oxygens (including phenoxy) is 1. The lowest BCUT2D eigenvalue weighted by atomic mass is 9.99. The van der Waals surface area contributed by atoms with Crippen molar-refractivity contribution in [3.8, 4) is 0 Å². The van der Waals surface area contributed by atoms with Crippen molar-refractivity contribution in [2.24, 2.45) is 0 Å². The molecule has 0 aliphatic carbocycles. The van der Waals surface area contributed by atoms with Crippen LogP contribution >= 0.6 is 0 Å². The fourth-order valence-electron chi connectivity index (χ4n) is 2.88. The van der Waals surface area contributed by atoms with E-state index in [0.717, 1.165) is 19.5 Å². The molecule has 1 aromatic carbocycles. The van der Waals surface area contributed by atoms with Gasteiger partial charge >= 0.3 is 5.97 Å². The zero-order chi connectivity index (χ0) is 15.1. The van der Waals surface area contributed by atoms with Crippen LogP contribution in [-0.4, -0.2) is 30.1 Å². The maximum Gasteiger partial charge on any atom is 0.307 e. The molecule has 1 fully saturated rings. The van der Waals surface area contributed by atoms with Gasteiger partial charge in [0.05, 0.1) is 12.5 Å². The lowest BCUT2D eigenvalue weighted by molar-refractivity contribution is -0.150. The summed E-state index contributed by atoms with van der Waals surface area (Å²) in [6, 6.07) is 10.5. The van der Waals surface area contributed by atoms with Gasteiger partial charge in [-0.3, -0.25) is 9.69 Å². The number of hydrogen-bond acceptors (Lipinski definition) is 3. The molecule has 21 heavy (non-hydrogen) atoms. The van der Waals surface area contributed by atoms with Gasteiger partial charge in [0.25, 0.3) is 0 Å². The smallest absolute Gasteiger partial charge is 0.307 e. The van der Waals surface area contributed by atoms with E-state index < -0.39 is 0 Å². The van der Waals surface area contributed by atoms with Crippen LogP contribution in [0.25, 0.3) is 0 Å². The molecule has 3 heteroatoms. The third kappa shape index (κ3) is 4.85. The van der Waals surface area contributed by atoms with Crippen LogP contribution in [0.1, 0.15) is 57.6 Å². The van der Waals surface area contributed by atoms with Gasteiger partial charge in [-0.2, -0.15) is 0 Å². The third-order valence-electron chi connectivity index (χ3n) is 4.28. The highest BCUT2D eigenvalue weighted by Gasteiger charge is 2.25. The molecule has 0 N–H and O–H groups in total. The molecule has 2 atom stereocenters. The van der Waals surface area contributed by atoms with Crippen LogP contribution in [0.2, 0.25) is 0 Å². The van der Waals surface area contributed by atoms with Crippen LogP contribution < -0.4 is 0 Å². The summed E-state index contributed by atoms with van der Waals surface area (Å²) >= 11 is 0.